The van der Waals surface area contributed by atoms with E-state index in [-0.39, 0.29) is 11.6 Å². The van der Waals surface area contributed by atoms with E-state index in [0.29, 0.717) is 0 Å². The number of hydrogen-bond donors (Lipinski definition) is 1. The average molecular weight is 356 g/mol. The molecule has 1 atom stereocenters. The minimum absolute atomic E-state index is 0.00371. The molecular weight excluding hydrogens is 330 g/mol. The van der Waals surface area contributed by atoms with Crippen molar-refractivity contribution in [3.05, 3.63) is 28.2 Å². The van der Waals surface area contributed by atoms with Crippen LogP contribution in [0.5, 0.6) is 5.75 Å². The zero-order chi connectivity index (χ0) is 15.3. The van der Waals surface area contributed by atoms with Crippen molar-refractivity contribution < 1.29 is 9.47 Å². The van der Waals surface area contributed by atoms with E-state index in [1.165, 1.54) is 31.2 Å². The topological polar surface area (TPSA) is 44.5 Å². The first-order valence-corrected chi connectivity index (χ1v) is 8.54. The Morgan fingerprint density at radius 1 is 1.19 bits per heavy atom. The van der Waals surface area contributed by atoms with Crippen LogP contribution < -0.4 is 10.5 Å². The zero-order valence-corrected chi connectivity index (χ0v) is 14.6. The van der Waals surface area contributed by atoms with Crippen LogP contribution in [0.2, 0.25) is 0 Å². The molecule has 2 rings (SSSR count). The van der Waals surface area contributed by atoms with Gasteiger partial charge in [-0.15, -0.1) is 0 Å². The first-order valence-electron chi connectivity index (χ1n) is 7.74. The lowest BCUT2D eigenvalue weighted by Gasteiger charge is -2.37. The molecule has 118 valence electrons. The van der Waals surface area contributed by atoms with Gasteiger partial charge in [-0.05, 0) is 43.0 Å². The van der Waals surface area contributed by atoms with Gasteiger partial charge in [-0.2, -0.15) is 0 Å². The van der Waals surface area contributed by atoms with E-state index in [9.17, 15) is 0 Å². The standard InChI is InChI=1S/C17H26BrNO2/c1-20-14-7-8-15(18)13(11-14)12-16(19)17(21-2)9-5-3-4-6-10-17/h7-8,11,16H,3-6,9-10,12,19H2,1-2H3. The summed E-state index contributed by atoms with van der Waals surface area (Å²) in [6, 6.07) is 6.04. The fourth-order valence-electron chi connectivity index (χ4n) is 3.31. The van der Waals surface area contributed by atoms with Crippen LogP contribution in [0.3, 0.4) is 0 Å². The van der Waals surface area contributed by atoms with Crippen LogP contribution >= 0.6 is 15.9 Å². The molecule has 0 amide bonds. The molecular formula is C17H26BrNO2. The predicted molar refractivity (Wildman–Crippen MR) is 89.8 cm³/mol. The van der Waals surface area contributed by atoms with Gasteiger partial charge in [0.1, 0.15) is 5.75 Å². The Morgan fingerprint density at radius 2 is 1.86 bits per heavy atom. The summed E-state index contributed by atoms with van der Waals surface area (Å²) in [4.78, 5) is 0. The molecule has 0 bridgehead atoms. The van der Waals surface area contributed by atoms with Crippen molar-refractivity contribution >= 4 is 15.9 Å². The molecule has 0 spiro atoms. The summed E-state index contributed by atoms with van der Waals surface area (Å²) in [6.07, 6.45) is 7.92. The Hall–Kier alpha value is -0.580. The highest BCUT2D eigenvalue weighted by Gasteiger charge is 2.37. The number of benzene rings is 1. The highest BCUT2D eigenvalue weighted by molar-refractivity contribution is 9.10. The van der Waals surface area contributed by atoms with Crippen LogP contribution in [-0.2, 0) is 11.2 Å². The number of hydrogen-bond acceptors (Lipinski definition) is 3. The van der Waals surface area contributed by atoms with Crippen molar-refractivity contribution in [3.63, 3.8) is 0 Å². The van der Waals surface area contributed by atoms with E-state index < -0.39 is 0 Å². The van der Waals surface area contributed by atoms with Crippen molar-refractivity contribution in [2.45, 2.75) is 56.6 Å². The van der Waals surface area contributed by atoms with Gasteiger partial charge in [0.05, 0.1) is 12.7 Å². The van der Waals surface area contributed by atoms with Gasteiger partial charge in [0, 0.05) is 17.6 Å². The second-order valence-corrected chi connectivity index (χ2v) is 6.81. The van der Waals surface area contributed by atoms with E-state index in [0.717, 1.165) is 29.5 Å². The van der Waals surface area contributed by atoms with Crippen LogP contribution in [0.25, 0.3) is 0 Å². The van der Waals surface area contributed by atoms with E-state index in [4.69, 9.17) is 15.2 Å². The monoisotopic (exact) mass is 355 g/mol. The van der Waals surface area contributed by atoms with Crippen molar-refractivity contribution in [3.8, 4) is 5.75 Å². The Kier molecular flexibility index (Phi) is 6.08. The number of rotatable bonds is 5. The summed E-state index contributed by atoms with van der Waals surface area (Å²) in [5, 5.41) is 0. The van der Waals surface area contributed by atoms with Crippen molar-refractivity contribution in [2.24, 2.45) is 5.73 Å². The predicted octanol–water partition coefficient (Wildman–Crippen LogP) is 4.07. The quantitative estimate of drug-likeness (QED) is 0.809. The first kappa shape index (κ1) is 16.8. The molecule has 21 heavy (non-hydrogen) atoms. The van der Waals surface area contributed by atoms with Crippen LogP contribution in [0.4, 0.5) is 0 Å². The highest BCUT2D eigenvalue weighted by atomic mass is 79.9. The molecule has 1 unspecified atom stereocenters. The zero-order valence-electron chi connectivity index (χ0n) is 13.0. The molecule has 1 aromatic rings. The fraction of sp³-hybridized carbons (Fsp3) is 0.647. The molecule has 1 fully saturated rings. The molecule has 3 nitrogen and oxygen atoms in total. The van der Waals surface area contributed by atoms with Gasteiger partial charge < -0.3 is 15.2 Å². The molecule has 1 aromatic carbocycles. The summed E-state index contributed by atoms with van der Waals surface area (Å²) in [7, 11) is 3.50. The van der Waals surface area contributed by atoms with Crippen LogP contribution in [0.15, 0.2) is 22.7 Å². The van der Waals surface area contributed by atoms with Gasteiger partial charge in [-0.1, -0.05) is 41.6 Å². The van der Waals surface area contributed by atoms with Gasteiger partial charge >= 0.3 is 0 Å². The lowest BCUT2D eigenvalue weighted by molar-refractivity contribution is -0.0430. The third-order valence-electron chi connectivity index (χ3n) is 4.72. The minimum atomic E-state index is -0.182. The maximum absolute atomic E-state index is 6.57. The van der Waals surface area contributed by atoms with Crippen molar-refractivity contribution in [1.82, 2.24) is 0 Å². The fourth-order valence-corrected chi connectivity index (χ4v) is 3.72. The number of halogens is 1. The Labute approximate surface area is 136 Å². The molecule has 0 saturated heterocycles. The van der Waals surface area contributed by atoms with Crippen molar-refractivity contribution in [1.29, 1.82) is 0 Å². The summed E-state index contributed by atoms with van der Waals surface area (Å²) >= 11 is 3.62. The number of ether oxygens (including phenoxy) is 2. The van der Waals surface area contributed by atoms with Crippen LogP contribution in [0.1, 0.15) is 44.1 Å². The molecule has 0 aromatic heterocycles. The van der Waals surface area contributed by atoms with Crippen LogP contribution in [-0.4, -0.2) is 25.9 Å². The molecule has 2 N–H and O–H groups in total. The Morgan fingerprint density at radius 3 is 2.43 bits per heavy atom. The minimum Gasteiger partial charge on any atom is -0.497 e. The summed E-state index contributed by atoms with van der Waals surface area (Å²) in [5.74, 6) is 0.868. The van der Waals surface area contributed by atoms with Gasteiger partial charge in [0.15, 0.2) is 0 Å². The SMILES string of the molecule is COc1ccc(Br)c(CC(N)C2(OC)CCCCCC2)c1. The van der Waals surface area contributed by atoms with E-state index in [2.05, 4.69) is 22.0 Å². The number of nitrogens with two attached hydrogens (primary N) is 1. The first-order chi connectivity index (χ1) is 10.1. The molecule has 1 aliphatic rings. The van der Waals surface area contributed by atoms with E-state index in [1.54, 1.807) is 7.11 Å². The van der Waals surface area contributed by atoms with Crippen molar-refractivity contribution in [2.75, 3.05) is 14.2 Å². The summed E-state index contributed by atoms with van der Waals surface area (Å²) < 4.78 is 12.3. The Bertz CT molecular complexity index is 456. The highest BCUT2D eigenvalue weighted by Crippen LogP contribution is 2.34. The smallest absolute Gasteiger partial charge is 0.119 e. The lowest BCUT2D eigenvalue weighted by atomic mass is 9.83. The Balaban J connectivity index is 2.16. The summed E-state index contributed by atoms with van der Waals surface area (Å²) in [6.45, 7) is 0. The van der Waals surface area contributed by atoms with E-state index in [1.807, 2.05) is 19.2 Å². The summed E-state index contributed by atoms with van der Waals surface area (Å²) in [5.41, 5.74) is 7.57. The van der Waals surface area contributed by atoms with Gasteiger partial charge in [0.25, 0.3) is 0 Å². The third-order valence-corrected chi connectivity index (χ3v) is 5.50. The molecule has 1 aliphatic carbocycles. The average Bonchev–Trinajstić information content (AvgIpc) is 2.76. The molecule has 0 radical (unpaired) electrons. The normalized spacial score (nSPS) is 19.8. The second-order valence-electron chi connectivity index (χ2n) is 5.95. The van der Waals surface area contributed by atoms with E-state index >= 15 is 0 Å². The second kappa shape index (κ2) is 7.61. The maximum atomic E-state index is 6.57. The maximum Gasteiger partial charge on any atom is 0.119 e. The largest absolute Gasteiger partial charge is 0.497 e. The van der Waals surface area contributed by atoms with Gasteiger partial charge in [0.2, 0.25) is 0 Å². The third kappa shape index (κ3) is 3.99. The lowest BCUT2D eigenvalue weighted by Crippen LogP contribution is -2.50. The van der Waals surface area contributed by atoms with Gasteiger partial charge in [-0.25, -0.2) is 0 Å². The molecule has 4 heteroatoms. The van der Waals surface area contributed by atoms with Gasteiger partial charge in [-0.3, -0.25) is 0 Å². The number of methoxy groups -OCH3 is 2. The molecule has 0 aliphatic heterocycles. The molecule has 0 heterocycles. The van der Waals surface area contributed by atoms with Crippen LogP contribution in [0, 0.1) is 0 Å². The molecule has 1 saturated carbocycles.